The topological polar surface area (TPSA) is 56.5 Å². The molecular formula is C14H17N3O2. The molecule has 100 valence electrons. The highest BCUT2D eigenvalue weighted by molar-refractivity contribution is 5.88. The highest BCUT2D eigenvalue weighted by Crippen LogP contribution is 2.33. The lowest BCUT2D eigenvalue weighted by Crippen LogP contribution is -2.07. The lowest BCUT2D eigenvalue weighted by Gasteiger charge is -2.10. The molecule has 19 heavy (non-hydrogen) atoms. The SMILES string of the molecule is CCOC(=O)c1cc2nccc(C3CCCC3)n2n1. The maximum absolute atomic E-state index is 11.7. The van der Waals surface area contributed by atoms with E-state index in [1.807, 2.05) is 6.07 Å². The van der Waals surface area contributed by atoms with Crippen LogP contribution in [0.4, 0.5) is 0 Å². The van der Waals surface area contributed by atoms with Crippen molar-refractivity contribution in [2.45, 2.75) is 38.5 Å². The Morgan fingerprint density at radius 2 is 2.26 bits per heavy atom. The van der Waals surface area contributed by atoms with Gasteiger partial charge < -0.3 is 4.74 Å². The molecule has 2 aromatic heterocycles. The first-order valence-electron chi connectivity index (χ1n) is 6.81. The predicted octanol–water partition coefficient (Wildman–Crippen LogP) is 2.56. The highest BCUT2D eigenvalue weighted by Gasteiger charge is 2.21. The Bertz CT molecular complexity index is 600. The summed E-state index contributed by atoms with van der Waals surface area (Å²) in [6.45, 7) is 2.14. The Balaban J connectivity index is 2.02. The zero-order chi connectivity index (χ0) is 13.2. The highest BCUT2D eigenvalue weighted by atomic mass is 16.5. The molecule has 1 aliphatic rings. The molecule has 0 atom stereocenters. The van der Waals surface area contributed by atoms with Crippen LogP contribution >= 0.6 is 0 Å². The fourth-order valence-electron chi connectivity index (χ4n) is 2.75. The molecule has 0 spiro atoms. The van der Waals surface area contributed by atoms with Gasteiger partial charge in [-0.25, -0.2) is 14.3 Å². The summed E-state index contributed by atoms with van der Waals surface area (Å²) in [6, 6.07) is 3.70. The lowest BCUT2D eigenvalue weighted by atomic mass is 10.0. The summed E-state index contributed by atoms with van der Waals surface area (Å²) in [6.07, 6.45) is 6.70. The van der Waals surface area contributed by atoms with Crippen LogP contribution in [0.2, 0.25) is 0 Å². The monoisotopic (exact) mass is 259 g/mol. The van der Waals surface area contributed by atoms with Crippen LogP contribution in [0.25, 0.3) is 5.65 Å². The second-order valence-corrected chi connectivity index (χ2v) is 4.87. The van der Waals surface area contributed by atoms with Crippen molar-refractivity contribution in [1.82, 2.24) is 14.6 Å². The Kier molecular flexibility index (Phi) is 3.19. The average Bonchev–Trinajstić information content (AvgIpc) is 3.07. The Labute approximate surface area is 111 Å². The van der Waals surface area contributed by atoms with Crippen molar-refractivity contribution in [3.63, 3.8) is 0 Å². The number of nitrogens with zero attached hydrogens (tertiary/aromatic N) is 3. The van der Waals surface area contributed by atoms with Crippen molar-refractivity contribution in [2.75, 3.05) is 6.61 Å². The van der Waals surface area contributed by atoms with Crippen LogP contribution in [0.3, 0.4) is 0 Å². The fourth-order valence-corrected chi connectivity index (χ4v) is 2.75. The third-order valence-electron chi connectivity index (χ3n) is 3.65. The molecule has 0 aromatic carbocycles. The molecule has 2 aromatic rings. The molecule has 0 amide bonds. The first-order valence-corrected chi connectivity index (χ1v) is 6.81. The number of esters is 1. The molecule has 0 saturated heterocycles. The fraction of sp³-hybridized carbons (Fsp3) is 0.500. The van der Waals surface area contributed by atoms with Crippen molar-refractivity contribution < 1.29 is 9.53 Å². The van der Waals surface area contributed by atoms with Gasteiger partial charge >= 0.3 is 5.97 Å². The second kappa shape index (κ2) is 4.99. The zero-order valence-corrected chi connectivity index (χ0v) is 11.0. The molecule has 5 heteroatoms. The van der Waals surface area contributed by atoms with Gasteiger partial charge in [0.1, 0.15) is 0 Å². The van der Waals surface area contributed by atoms with Gasteiger partial charge in [-0.2, -0.15) is 5.10 Å². The summed E-state index contributed by atoms with van der Waals surface area (Å²) in [7, 11) is 0. The van der Waals surface area contributed by atoms with E-state index in [1.165, 1.54) is 25.7 Å². The van der Waals surface area contributed by atoms with Gasteiger partial charge in [-0.05, 0) is 25.8 Å². The number of carbonyl (C=O) groups excluding carboxylic acids is 1. The van der Waals surface area contributed by atoms with Crippen LogP contribution in [0, 0.1) is 0 Å². The van der Waals surface area contributed by atoms with E-state index in [1.54, 1.807) is 23.7 Å². The number of rotatable bonds is 3. The first kappa shape index (κ1) is 12.1. The summed E-state index contributed by atoms with van der Waals surface area (Å²) in [5.41, 5.74) is 2.20. The smallest absolute Gasteiger partial charge is 0.358 e. The summed E-state index contributed by atoms with van der Waals surface area (Å²) in [5.74, 6) is 0.144. The number of hydrogen-bond acceptors (Lipinski definition) is 4. The van der Waals surface area contributed by atoms with Crippen LogP contribution < -0.4 is 0 Å². The van der Waals surface area contributed by atoms with Gasteiger partial charge in [0, 0.05) is 23.9 Å². The van der Waals surface area contributed by atoms with Gasteiger partial charge in [0.25, 0.3) is 0 Å². The summed E-state index contributed by atoms with van der Waals surface area (Å²) in [4.78, 5) is 16.0. The molecule has 0 radical (unpaired) electrons. The van der Waals surface area contributed by atoms with Crippen molar-refractivity contribution in [3.05, 3.63) is 29.7 Å². The van der Waals surface area contributed by atoms with Crippen LogP contribution in [0.15, 0.2) is 18.3 Å². The molecule has 0 aliphatic heterocycles. The van der Waals surface area contributed by atoms with E-state index in [-0.39, 0.29) is 5.97 Å². The maximum atomic E-state index is 11.7. The van der Waals surface area contributed by atoms with E-state index < -0.39 is 0 Å². The normalized spacial score (nSPS) is 16.1. The molecule has 0 N–H and O–H groups in total. The van der Waals surface area contributed by atoms with E-state index in [2.05, 4.69) is 10.1 Å². The molecule has 0 unspecified atom stereocenters. The zero-order valence-electron chi connectivity index (χ0n) is 11.0. The number of ether oxygens (including phenoxy) is 1. The van der Waals surface area contributed by atoms with E-state index in [0.29, 0.717) is 23.9 Å². The Morgan fingerprint density at radius 3 is 3.00 bits per heavy atom. The van der Waals surface area contributed by atoms with E-state index >= 15 is 0 Å². The van der Waals surface area contributed by atoms with Gasteiger partial charge in [-0.3, -0.25) is 0 Å². The van der Waals surface area contributed by atoms with Crippen molar-refractivity contribution in [3.8, 4) is 0 Å². The van der Waals surface area contributed by atoms with Crippen LogP contribution in [0.1, 0.15) is 54.7 Å². The third-order valence-corrected chi connectivity index (χ3v) is 3.65. The van der Waals surface area contributed by atoms with E-state index in [4.69, 9.17) is 4.74 Å². The van der Waals surface area contributed by atoms with Gasteiger partial charge in [0.15, 0.2) is 11.3 Å². The van der Waals surface area contributed by atoms with Crippen molar-refractivity contribution in [1.29, 1.82) is 0 Å². The lowest BCUT2D eigenvalue weighted by molar-refractivity contribution is 0.0519. The average molecular weight is 259 g/mol. The molecule has 3 rings (SSSR count). The predicted molar refractivity (Wildman–Crippen MR) is 70.2 cm³/mol. The quantitative estimate of drug-likeness (QED) is 0.795. The minimum atomic E-state index is -0.384. The Morgan fingerprint density at radius 1 is 1.47 bits per heavy atom. The van der Waals surface area contributed by atoms with Crippen LogP contribution in [-0.2, 0) is 4.74 Å². The molecule has 1 fully saturated rings. The van der Waals surface area contributed by atoms with Crippen LogP contribution in [0.5, 0.6) is 0 Å². The molecule has 2 heterocycles. The number of hydrogen-bond donors (Lipinski definition) is 0. The van der Waals surface area contributed by atoms with Gasteiger partial charge in [-0.15, -0.1) is 0 Å². The molecular weight excluding hydrogens is 242 g/mol. The van der Waals surface area contributed by atoms with Gasteiger partial charge in [0.2, 0.25) is 0 Å². The summed E-state index contributed by atoms with van der Waals surface area (Å²) >= 11 is 0. The second-order valence-electron chi connectivity index (χ2n) is 4.87. The van der Waals surface area contributed by atoms with Gasteiger partial charge in [0.05, 0.1) is 6.61 Å². The first-order chi connectivity index (χ1) is 9.29. The maximum Gasteiger partial charge on any atom is 0.358 e. The minimum Gasteiger partial charge on any atom is -0.461 e. The van der Waals surface area contributed by atoms with Crippen molar-refractivity contribution >= 4 is 11.6 Å². The largest absolute Gasteiger partial charge is 0.461 e. The number of aromatic nitrogens is 3. The minimum absolute atomic E-state index is 0.333. The Hall–Kier alpha value is -1.91. The summed E-state index contributed by atoms with van der Waals surface area (Å²) < 4.78 is 6.77. The third kappa shape index (κ3) is 2.20. The number of fused-ring (bicyclic) bond motifs is 1. The molecule has 1 aliphatic carbocycles. The molecule has 1 saturated carbocycles. The summed E-state index contributed by atoms with van der Waals surface area (Å²) in [5, 5.41) is 4.36. The van der Waals surface area contributed by atoms with Gasteiger partial charge in [-0.1, -0.05) is 12.8 Å². The molecule has 0 bridgehead atoms. The number of carbonyl (C=O) groups is 1. The van der Waals surface area contributed by atoms with E-state index in [9.17, 15) is 4.79 Å². The molecule has 5 nitrogen and oxygen atoms in total. The van der Waals surface area contributed by atoms with Crippen molar-refractivity contribution in [2.24, 2.45) is 0 Å². The van der Waals surface area contributed by atoms with E-state index in [0.717, 1.165) is 5.69 Å². The standard InChI is InChI=1S/C14H17N3O2/c1-2-19-14(18)11-9-13-15-8-7-12(17(13)16-11)10-5-3-4-6-10/h7-10H,2-6H2,1H3. The van der Waals surface area contributed by atoms with Crippen LogP contribution in [-0.4, -0.2) is 27.2 Å².